The summed E-state index contributed by atoms with van der Waals surface area (Å²) in [7, 11) is -1.76. The van der Waals surface area contributed by atoms with Crippen molar-refractivity contribution in [1.29, 1.82) is 0 Å². The second-order valence-electron chi connectivity index (χ2n) is 6.46. The van der Waals surface area contributed by atoms with Gasteiger partial charge in [0, 0.05) is 24.3 Å². The average molecular weight is 410 g/mol. The number of benzene rings is 2. The molecule has 0 spiro atoms. The zero-order valence-corrected chi connectivity index (χ0v) is 16.7. The Bertz CT molecular complexity index is 858. The number of hydrogen-bond acceptors (Lipinski definition) is 4. The quantitative estimate of drug-likeness (QED) is 0.768. The number of halogens is 1. The van der Waals surface area contributed by atoms with E-state index in [4.69, 9.17) is 0 Å². The zero-order chi connectivity index (χ0) is 18.6. The first kappa shape index (κ1) is 21.2. The fourth-order valence-corrected chi connectivity index (χ4v) is 4.21. The van der Waals surface area contributed by atoms with E-state index in [0.29, 0.717) is 17.2 Å². The summed E-state index contributed by atoms with van der Waals surface area (Å²) in [5, 5.41) is 3.14. The van der Waals surface area contributed by atoms with Crippen LogP contribution >= 0.6 is 12.4 Å². The lowest BCUT2D eigenvalue weighted by atomic mass is 10.1. The monoisotopic (exact) mass is 409 g/mol. The van der Waals surface area contributed by atoms with Crippen LogP contribution in [0.5, 0.6) is 0 Å². The number of carbonyl (C=O) groups is 1. The highest BCUT2D eigenvalue weighted by Crippen LogP contribution is 2.20. The van der Waals surface area contributed by atoms with E-state index in [2.05, 4.69) is 10.0 Å². The highest BCUT2D eigenvalue weighted by molar-refractivity contribution is 7.92. The number of rotatable bonds is 6. The van der Waals surface area contributed by atoms with Crippen LogP contribution in [0.4, 0.5) is 5.69 Å². The Kier molecular flexibility index (Phi) is 7.24. The van der Waals surface area contributed by atoms with Gasteiger partial charge in [0.15, 0.2) is 0 Å². The van der Waals surface area contributed by atoms with Gasteiger partial charge in [-0.15, -0.1) is 12.4 Å². The highest BCUT2D eigenvalue weighted by Gasteiger charge is 2.26. The minimum absolute atomic E-state index is 0. The topological polar surface area (TPSA) is 78.5 Å². The summed E-state index contributed by atoms with van der Waals surface area (Å²) in [6.07, 6.45) is 0.986. The van der Waals surface area contributed by atoms with Gasteiger partial charge in [0.2, 0.25) is 0 Å². The van der Waals surface area contributed by atoms with Gasteiger partial charge in [-0.25, -0.2) is 8.42 Å². The Morgan fingerprint density at radius 1 is 1.11 bits per heavy atom. The standard InChI is InChI=1S/C19H23N3O3S.ClH/c1-20-13-15-11-12-22(14-15)19(23)16-7-9-18(10-8-16)26(24,25)21-17-5-3-2-4-6-17;/h2-10,15,20-21H,11-14H2,1H3;1H. The molecule has 1 atom stereocenters. The van der Waals surface area contributed by atoms with Gasteiger partial charge in [-0.1, -0.05) is 18.2 Å². The maximum atomic E-state index is 12.6. The minimum atomic E-state index is -3.67. The summed E-state index contributed by atoms with van der Waals surface area (Å²) in [6.45, 7) is 2.36. The predicted octanol–water partition coefficient (Wildman–Crippen LogP) is 2.59. The molecule has 2 aromatic carbocycles. The molecule has 1 heterocycles. The molecule has 146 valence electrons. The Labute approximate surface area is 166 Å². The third-order valence-corrected chi connectivity index (χ3v) is 5.90. The number of anilines is 1. The van der Waals surface area contributed by atoms with Crippen LogP contribution in [0, 0.1) is 5.92 Å². The van der Waals surface area contributed by atoms with Crippen LogP contribution in [0.15, 0.2) is 59.5 Å². The van der Waals surface area contributed by atoms with E-state index in [1.54, 1.807) is 36.4 Å². The van der Waals surface area contributed by atoms with E-state index in [9.17, 15) is 13.2 Å². The maximum Gasteiger partial charge on any atom is 0.261 e. The summed E-state index contributed by atoms with van der Waals surface area (Å²) < 4.78 is 27.4. The molecule has 2 N–H and O–H groups in total. The summed E-state index contributed by atoms with van der Waals surface area (Å²) in [6, 6.07) is 14.8. The third kappa shape index (κ3) is 5.22. The molecule has 3 rings (SSSR count). The van der Waals surface area contributed by atoms with Crippen LogP contribution in [-0.2, 0) is 10.0 Å². The molecule has 0 aromatic heterocycles. The number of hydrogen-bond donors (Lipinski definition) is 2. The molecule has 0 bridgehead atoms. The molecule has 1 amide bonds. The van der Waals surface area contributed by atoms with Gasteiger partial charge in [0.05, 0.1) is 4.90 Å². The smallest absolute Gasteiger partial charge is 0.261 e. The number of nitrogens with one attached hydrogen (secondary N) is 2. The molecule has 27 heavy (non-hydrogen) atoms. The van der Waals surface area contributed by atoms with Crippen molar-refractivity contribution in [2.75, 3.05) is 31.4 Å². The molecule has 1 fully saturated rings. The second-order valence-corrected chi connectivity index (χ2v) is 8.14. The number of para-hydroxylation sites is 1. The van der Waals surface area contributed by atoms with Gasteiger partial charge in [-0.3, -0.25) is 9.52 Å². The van der Waals surface area contributed by atoms with E-state index in [1.165, 1.54) is 12.1 Å². The van der Waals surface area contributed by atoms with Gasteiger partial charge < -0.3 is 10.2 Å². The first-order chi connectivity index (χ1) is 12.5. The molecule has 1 aliphatic rings. The lowest BCUT2D eigenvalue weighted by Crippen LogP contribution is -2.30. The van der Waals surface area contributed by atoms with Crippen molar-refractivity contribution in [2.45, 2.75) is 11.3 Å². The Hall–Kier alpha value is -2.09. The molecule has 0 aliphatic carbocycles. The molecule has 6 nitrogen and oxygen atoms in total. The number of carbonyl (C=O) groups excluding carboxylic acids is 1. The number of nitrogens with zero attached hydrogens (tertiary/aromatic N) is 1. The first-order valence-electron chi connectivity index (χ1n) is 8.61. The minimum Gasteiger partial charge on any atom is -0.338 e. The molecule has 1 unspecified atom stereocenters. The van der Waals surface area contributed by atoms with Gasteiger partial charge in [0.1, 0.15) is 0 Å². The lowest BCUT2D eigenvalue weighted by Gasteiger charge is -2.17. The molecule has 1 saturated heterocycles. The summed E-state index contributed by atoms with van der Waals surface area (Å²) in [5.41, 5.74) is 1.01. The van der Waals surface area contributed by atoms with Crippen LogP contribution < -0.4 is 10.0 Å². The van der Waals surface area contributed by atoms with Crippen LogP contribution in [0.1, 0.15) is 16.8 Å². The van der Waals surface area contributed by atoms with Crippen molar-refractivity contribution in [2.24, 2.45) is 5.92 Å². The zero-order valence-electron chi connectivity index (χ0n) is 15.1. The number of amides is 1. The van der Waals surface area contributed by atoms with E-state index in [0.717, 1.165) is 26.1 Å². The van der Waals surface area contributed by atoms with Crippen LogP contribution in [0.3, 0.4) is 0 Å². The Morgan fingerprint density at radius 2 is 1.78 bits per heavy atom. The molecule has 1 aliphatic heterocycles. The van der Waals surface area contributed by atoms with Crippen LogP contribution in [-0.4, -0.2) is 45.9 Å². The molecular weight excluding hydrogens is 386 g/mol. The predicted molar refractivity (Wildman–Crippen MR) is 109 cm³/mol. The van der Waals surface area contributed by atoms with Gasteiger partial charge >= 0.3 is 0 Å². The highest BCUT2D eigenvalue weighted by atomic mass is 35.5. The molecule has 2 aromatic rings. The van der Waals surface area contributed by atoms with E-state index < -0.39 is 10.0 Å². The molecule has 0 radical (unpaired) electrons. The van der Waals surface area contributed by atoms with Crippen molar-refractivity contribution < 1.29 is 13.2 Å². The normalized spacial score (nSPS) is 16.6. The van der Waals surface area contributed by atoms with Gasteiger partial charge in [-0.2, -0.15) is 0 Å². The fourth-order valence-electron chi connectivity index (χ4n) is 3.15. The van der Waals surface area contributed by atoms with Crippen molar-refractivity contribution in [3.05, 3.63) is 60.2 Å². The van der Waals surface area contributed by atoms with E-state index in [1.807, 2.05) is 18.0 Å². The van der Waals surface area contributed by atoms with Gasteiger partial charge in [-0.05, 0) is 62.3 Å². The number of likely N-dealkylation sites (tertiary alicyclic amines) is 1. The third-order valence-electron chi connectivity index (χ3n) is 4.50. The molecular formula is C19H24ClN3O3S. The number of sulfonamides is 1. The largest absolute Gasteiger partial charge is 0.338 e. The first-order valence-corrected chi connectivity index (χ1v) is 10.1. The van der Waals surface area contributed by atoms with Crippen molar-refractivity contribution in [1.82, 2.24) is 10.2 Å². The van der Waals surface area contributed by atoms with Crippen LogP contribution in [0.2, 0.25) is 0 Å². The Morgan fingerprint density at radius 3 is 2.41 bits per heavy atom. The lowest BCUT2D eigenvalue weighted by molar-refractivity contribution is 0.0787. The Balaban J connectivity index is 0.00000261. The summed E-state index contributed by atoms with van der Waals surface area (Å²) in [5.74, 6) is 0.419. The summed E-state index contributed by atoms with van der Waals surface area (Å²) >= 11 is 0. The van der Waals surface area contributed by atoms with E-state index >= 15 is 0 Å². The van der Waals surface area contributed by atoms with E-state index in [-0.39, 0.29) is 23.2 Å². The SMILES string of the molecule is CNCC1CCN(C(=O)c2ccc(S(=O)(=O)Nc3ccccc3)cc2)C1.Cl. The molecule has 0 saturated carbocycles. The van der Waals surface area contributed by atoms with Crippen molar-refractivity contribution in [3.8, 4) is 0 Å². The van der Waals surface area contributed by atoms with Crippen molar-refractivity contribution >= 4 is 34.0 Å². The van der Waals surface area contributed by atoms with Crippen molar-refractivity contribution in [3.63, 3.8) is 0 Å². The second kappa shape index (κ2) is 9.21. The maximum absolute atomic E-state index is 12.6. The average Bonchev–Trinajstić information content (AvgIpc) is 3.11. The summed E-state index contributed by atoms with van der Waals surface area (Å²) in [4.78, 5) is 14.5. The fraction of sp³-hybridized carbons (Fsp3) is 0.316. The molecule has 8 heteroatoms. The van der Waals surface area contributed by atoms with Crippen LogP contribution in [0.25, 0.3) is 0 Å². The van der Waals surface area contributed by atoms with Gasteiger partial charge in [0.25, 0.3) is 15.9 Å².